The number of nitrogens with one attached hydrogen (secondary N) is 1. The van der Waals surface area contributed by atoms with E-state index in [0.29, 0.717) is 22.7 Å². The van der Waals surface area contributed by atoms with E-state index >= 15 is 0 Å². The van der Waals surface area contributed by atoms with E-state index in [1.165, 1.54) is 52.6 Å². The number of sulfonamides is 1. The van der Waals surface area contributed by atoms with Crippen LogP contribution in [0.2, 0.25) is 0 Å². The van der Waals surface area contributed by atoms with Crippen molar-refractivity contribution in [3.05, 3.63) is 48.0 Å². The van der Waals surface area contributed by atoms with Crippen LogP contribution in [0.5, 0.6) is 11.5 Å². The van der Waals surface area contributed by atoms with Crippen molar-refractivity contribution in [2.75, 3.05) is 33.6 Å². The number of rotatable bonds is 6. The quantitative estimate of drug-likeness (QED) is 0.849. The predicted octanol–water partition coefficient (Wildman–Crippen LogP) is 2.21. The standard InChI is InChI=1S/C17H20N2O5S/c1-19(2)25(21,22)14-8-5-12(6-9-14)17(20)18-15-11-13(23-3)7-10-16(15)24-4/h5-11H,1-4H3,(H,18,20). The van der Waals surface area contributed by atoms with Gasteiger partial charge >= 0.3 is 0 Å². The number of carbonyl (C=O) groups excluding carboxylic acids is 1. The summed E-state index contributed by atoms with van der Waals surface area (Å²) in [4.78, 5) is 12.5. The first kappa shape index (κ1) is 18.8. The van der Waals surface area contributed by atoms with E-state index in [1.54, 1.807) is 18.2 Å². The molecular weight excluding hydrogens is 344 g/mol. The zero-order valence-electron chi connectivity index (χ0n) is 14.4. The van der Waals surface area contributed by atoms with Crippen molar-refractivity contribution in [3.8, 4) is 11.5 Å². The summed E-state index contributed by atoms with van der Waals surface area (Å²) in [7, 11) is 2.39. The van der Waals surface area contributed by atoms with E-state index in [0.717, 1.165) is 4.31 Å². The third kappa shape index (κ3) is 4.09. The molecule has 0 radical (unpaired) electrons. The smallest absolute Gasteiger partial charge is 0.255 e. The average Bonchev–Trinajstić information content (AvgIpc) is 2.61. The van der Waals surface area contributed by atoms with Gasteiger partial charge in [0.2, 0.25) is 10.0 Å². The van der Waals surface area contributed by atoms with E-state index in [1.807, 2.05) is 0 Å². The van der Waals surface area contributed by atoms with Crippen LogP contribution < -0.4 is 14.8 Å². The first-order chi connectivity index (χ1) is 11.8. The molecule has 0 heterocycles. The maximum atomic E-state index is 12.4. The molecule has 2 aromatic rings. The third-order valence-corrected chi connectivity index (χ3v) is 5.38. The van der Waals surface area contributed by atoms with Crippen LogP contribution in [0.4, 0.5) is 5.69 Å². The van der Waals surface area contributed by atoms with Crippen molar-refractivity contribution in [2.24, 2.45) is 0 Å². The van der Waals surface area contributed by atoms with Crippen LogP contribution in [0.25, 0.3) is 0 Å². The molecule has 1 N–H and O–H groups in total. The second-order valence-electron chi connectivity index (χ2n) is 5.33. The molecule has 0 saturated carbocycles. The summed E-state index contributed by atoms with van der Waals surface area (Å²) in [6.45, 7) is 0. The molecule has 25 heavy (non-hydrogen) atoms. The molecular formula is C17H20N2O5S. The van der Waals surface area contributed by atoms with Crippen molar-refractivity contribution in [1.82, 2.24) is 4.31 Å². The van der Waals surface area contributed by atoms with Crippen molar-refractivity contribution >= 4 is 21.6 Å². The van der Waals surface area contributed by atoms with Crippen LogP contribution >= 0.6 is 0 Å². The molecule has 134 valence electrons. The largest absolute Gasteiger partial charge is 0.497 e. The number of benzene rings is 2. The number of ether oxygens (including phenoxy) is 2. The maximum Gasteiger partial charge on any atom is 0.255 e. The summed E-state index contributed by atoms with van der Waals surface area (Å²) >= 11 is 0. The minimum atomic E-state index is -3.53. The summed E-state index contributed by atoms with van der Waals surface area (Å²) < 4.78 is 35.6. The Hall–Kier alpha value is -2.58. The summed E-state index contributed by atoms with van der Waals surface area (Å²) in [5.74, 6) is 0.671. The van der Waals surface area contributed by atoms with Gasteiger partial charge in [0.05, 0.1) is 24.8 Å². The highest BCUT2D eigenvalue weighted by atomic mass is 32.2. The monoisotopic (exact) mass is 364 g/mol. The Kier molecular flexibility index (Phi) is 5.66. The Balaban J connectivity index is 2.25. The Morgan fingerprint density at radius 3 is 2.16 bits per heavy atom. The van der Waals surface area contributed by atoms with Crippen LogP contribution in [-0.4, -0.2) is 46.9 Å². The maximum absolute atomic E-state index is 12.4. The van der Waals surface area contributed by atoms with Crippen LogP contribution in [0.3, 0.4) is 0 Å². The van der Waals surface area contributed by atoms with Crippen molar-refractivity contribution in [2.45, 2.75) is 4.90 Å². The molecule has 8 heteroatoms. The number of methoxy groups -OCH3 is 2. The summed E-state index contributed by atoms with van der Waals surface area (Å²) in [6, 6.07) is 10.7. The molecule has 7 nitrogen and oxygen atoms in total. The second-order valence-corrected chi connectivity index (χ2v) is 7.48. The van der Waals surface area contributed by atoms with Gasteiger partial charge in [0.25, 0.3) is 5.91 Å². The topological polar surface area (TPSA) is 84.9 Å². The molecule has 1 amide bonds. The number of anilines is 1. The van der Waals surface area contributed by atoms with Gasteiger partial charge in [-0.15, -0.1) is 0 Å². The Morgan fingerprint density at radius 2 is 1.64 bits per heavy atom. The van der Waals surface area contributed by atoms with E-state index in [2.05, 4.69) is 5.32 Å². The molecule has 0 saturated heterocycles. The molecule has 2 rings (SSSR count). The Morgan fingerprint density at radius 1 is 1.00 bits per heavy atom. The van der Waals surface area contributed by atoms with Crippen LogP contribution in [0.1, 0.15) is 10.4 Å². The molecule has 0 spiro atoms. The van der Waals surface area contributed by atoms with Gasteiger partial charge < -0.3 is 14.8 Å². The van der Waals surface area contributed by atoms with Crippen LogP contribution in [0, 0.1) is 0 Å². The minimum Gasteiger partial charge on any atom is -0.497 e. The zero-order valence-corrected chi connectivity index (χ0v) is 15.3. The second kappa shape index (κ2) is 7.54. The van der Waals surface area contributed by atoms with Gasteiger partial charge in [-0.25, -0.2) is 12.7 Å². The lowest BCUT2D eigenvalue weighted by Gasteiger charge is -2.13. The van der Waals surface area contributed by atoms with Crippen molar-refractivity contribution < 1.29 is 22.7 Å². The molecule has 0 aromatic heterocycles. The van der Waals surface area contributed by atoms with Gasteiger partial charge in [-0.2, -0.15) is 0 Å². The first-order valence-electron chi connectivity index (χ1n) is 7.35. The van der Waals surface area contributed by atoms with E-state index in [4.69, 9.17) is 9.47 Å². The van der Waals surface area contributed by atoms with Gasteiger partial charge in [0.15, 0.2) is 0 Å². The fraction of sp³-hybridized carbons (Fsp3) is 0.235. The van der Waals surface area contributed by atoms with Gasteiger partial charge in [0, 0.05) is 25.7 Å². The first-order valence-corrected chi connectivity index (χ1v) is 8.79. The molecule has 0 fully saturated rings. The average molecular weight is 364 g/mol. The lowest BCUT2D eigenvalue weighted by Crippen LogP contribution is -2.22. The molecule has 0 aliphatic rings. The molecule has 0 aliphatic heterocycles. The number of nitrogens with zero attached hydrogens (tertiary/aromatic N) is 1. The summed E-state index contributed by atoms with van der Waals surface area (Å²) in [5.41, 5.74) is 0.777. The third-order valence-electron chi connectivity index (χ3n) is 3.55. The summed E-state index contributed by atoms with van der Waals surface area (Å²) in [6.07, 6.45) is 0. The fourth-order valence-corrected chi connectivity index (χ4v) is 3.00. The van der Waals surface area contributed by atoms with Gasteiger partial charge in [-0.1, -0.05) is 0 Å². The van der Waals surface area contributed by atoms with Crippen LogP contribution in [0.15, 0.2) is 47.4 Å². The SMILES string of the molecule is COc1ccc(OC)c(NC(=O)c2ccc(S(=O)(=O)N(C)C)cc2)c1. The fourth-order valence-electron chi connectivity index (χ4n) is 2.10. The highest BCUT2D eigenvalue weighted by Gasteiger charge is 2.18. The van der Waals surface area contributed by atoms with Crippen molar-refractivity contribution in [1.29, 1.82) is 0 Å². The van der Waals surface area contributed by atoms with Crippen LogP contribution in [-0.2, 0) is 10.0 Å². The molecule has 0 atom stereocenters. The highest BCUT2D eigenvalue weighted by Crippen LogP contribution is 2.29. The van der Waals surface area contributed by atoms with Gasteiger partial charge in [-0.05, 0) is 36.4 Å². The van der Waals surface area contributed by atoms with Gasteiger partial charge in [0.1, 0.15) is 11.5 Å². The Bertz CT molecular complexity index is 861. The lowest BCUT2D eigenvalue weighted by molar-refractivity contribution is 0.102. The predicted molar refractivity (Wildman–Crippen MR) is 94.8 cm³/mol. The highest BCUT2D eigenvalue weighted by molar-refractivity contribution is 7.89. The Labute approximate surface area is 147 Å². The normalized spacial score (nSPS) is 11.2. The number of hydrogen-bond donors (Lipinski definition) is 1. The molecule has 0 unspecified atom stereocenters. The molecule has 2 aromatic carbocycles. The van der Waals surface area contributed by atoms with E-state index in [-0.39, 0.29) is 10.8 Å². The number of carbonyl (C=O) groups is 1. The molecule has 0 bridgehead atoms. The van der Waals surface area contributed by atoms with Gasteiger partial charge in [-0.3, -0.25) is 4.79 Å². The number of hydrogen-bond acceptors (Lipinski definition) is 5. The summed E-state index contributed by atoms with van der Waals surface area (Å²) in [5, 5.41) is 2.73. The minimum absolute atomic E-state index is 0.119. The molecule has 0 aliphatic carbocycles. The van der Waals surface area contributed by atoms with E-state index in [9.17, 15) is 13.2 Å². The zero-order chi connectivity index (χ0) is 18.6. The van der Waals surface area contributed by atoms with E-state index < -0.39 is 10.0 Å². The lowest BCUT2D eigenvalue weighted by atomic mass is 10.2. The van der Waals surface area contributed by atoms with Crippen molar-refractivity contribution in [3.63, 3.8) is 0 Å². The number of amides is 1.